The van der Waals surface area contributed by atoms with Crippen molar-refractivity contribution in [2.24, 2.45) is 0 Å². The fourth-order valence-corrected chi connectivity index (χ4v) is 4.55. The van der Waals surface area contributed by atoms with Gasteiger partial charge in [0.2, 0.25) is 10.0 Å². The van der Waals surface area contributed by atoms with E-state index in [1.165, 1.54) is 10.5 Å². The van der Waals surface area contributed by atoms with E-state index in [1.807, 2.05) is 30.3 Å². The van der Waals surface area contributed by atoms with Crippen LogP contribution in [0.2, 0.25) is 0 Å². The van der Waals surface area contributed by atoms with Crippen molar-refractivity contribution in [2.45, 2.75) is 36.7 Å². The van der Waals surface area contributed by atoms with Crippen LogP contribution in [0.5, 0.6) is 0 Å². The molecule has 0 saturated carbocycles. The number of hydrogen-bond acceptors (Lipinski definition) is 5. The molecular formula is C19H25N3O3S. The minimum absolute atomic E-state index is 0.223. The Labute approximate surface area is 154 Å². The Balaban J connectivity index is 1.58. The van der Waals surface area contributed by atoms with Gasteiger partial charge in [0, 0.05) is 25.8 Å². The molecule has 0 amide bonds. The molecule has 1 saturated heterocycles. The summed E-state index contributed by atoms with van der Waals surface area (Å²) in [4.78, 5) is 4.43. The molecule has 0 aliphatic carbocycles. The van der Waals surface area contributed by atoms with Gasteiger partial charge in [0.25, 0.3) is 0 Å². The van der Waals surface area contributed by atoms with Crippen LogP contribution < -0.4 is 5.32 Å². The van der Waals surface area contributed by atoms with Gasteiger partial charge in [-0.3, -0.25) is 0 Å². The number of rotatable bonds is 7. The lowest BCUT2D eigenvalue weighted by Crippen LogP contribution is -2.28. The lowest BCUT2D eigenvalue weighted by atomic mass is 9.93. The predicted octanol–water partition coefficient (Wildman–Crippen LogP) is 2.58. The molecule has 6 nitrogen and oxygen atoms in total. The first kappa shape index (κ1) is 18.8. The lowest BCUT2D eigenvalue weighted by molar-refractivity contribution is 0.0515. The Morgan fingerprint density at radius 1 is 1.15 bits per heavy atom. The highest BCUT2D eigenvalue weighted by molar-refractivity contribution is 7.89. The van der Waals surface area contributed by atoms with E-state index in [1.54, 1.807) is 19.1 Å². The van der Waals surface area contributed by atoms with E-state index in [2.05, 4.69) is 10.3 Å². The molecular weight excluding hydrogens is 350 g/mol. The Morgan fingerprint density at radius 3 is 2.46 bits per heavy atom. The van der Waals surface area contributed by atoms with E-state index in [9.17, 15) is 13.5 Å². The van der Waals surface area contributed by atoms with Gasteiger partial charge in [0.15, 0.2) is 0 Å². The summed E-state index contributed by atoms with van der Waals surface area (Å²) in [6, 6.07) is 12.8. The van der Waals surface area contributed by atoms with Gasteiger partial charge in [-0.2, -0.15) is 4.31 Å². The Bertz CT molecular complexity index is 815. The second-order valence-electron chi connectivity index (χ2n) is 6.81. The number of aliphatic hydroxyl groups is 1. The molecule has 26 heavy (non-hydrogen) atoms. The number of anilines is 1. The van der Waals surface area contributed by atoms with E-state index in [-0.39, 0.29) is 4.90 Å². The minimum Gasteiger partial charge on any atom is -0.385 e. The Kier molecular flexibility index (Phi) is 5.60. The molecule has 2 N–H and O–H groups in total. The number of pyridine rings is 1. The molecule has 2 heterocycles. The van der Waals surface area contributed by atoms with Gasteiger partial charge in [-0.25, -0.2) is 13.4 Å². The molecule has 3 rings (SSSR count). The van der Waals surface area contributed by atoms with E-state index in [0.717, 1.165) is 18.4 Å². The third-order valence-electron chi connectivity index (χ3n) is 4.75. The van der Waals surface area contributed by atoms with Crippen molar-refractivity contribution < 1.29 is 13.5 Å². The zero-order valence-corrected chi connectivity index (χ0v) is 15.7. The fraction of sp³-hybridized carbons (Fsp3) is 0.421. The highest BCUT2D eigenvalue weighted by atomic mass is 32.2. The molecule has 2 aromatic rings. The first-order valence-corrected chi connectivity index (χ1v) is 10.3. The summed E-state index contributed by atoms with van der Waals surface area (Å²) in [5, 5.41) is 13.7. The quantitative estimate of drug-likeness (QED) is 0.777. The average Bonchev–Trinajstić information content (AvgIpc) is 3.18. The van der Waals surface area contributed by atoms with Gasteiger partial charge in [0.05, 0.1) is 5.60 Å². The summed E-state index contributed by atoms with van der Waals surface area (Å²) in [7, 11) is -3.43. The van der Waals surface area contributed by atoms with E-state index in [4.69, 9.17) is 0 Å². The molecule has 7 heteroatoms. The molecule has 1 aromatic heterocycles. The summed E-state index contributed by atoms with van der Waals surface area (Å²) in [5.74, 6) is 0.592. The number of nitrogens with zero attached hydrogens (tertiary/aromatic N) is 2. The Hall–Kier alpha value is -1.96. The topological polar surface area (TPSA) is 82.5 Å². The normalized spacial score (nSPS) is 17.8. The maximum Gasteiger partial charge on any atom is 0.244 e. The Morgan fingerprint density at radius 2 is 1.85 bits per heavy atom. The lowest BCUT2D eigenvalue weighted by Gasteiger charge is -2.24. The van der Waals surface area contributed by atoms with Gasteiger partial charge < -0.3 is 10.4 Å². The zero-order valence-electron chi connectivity index (χ0n) is 14.9. The van der Waals surface area contributed by atoms with Crippen molar-refractivity contribution in [3.8, 4) is 0 Å². The molecule has 140 valence electrons. The summed E-state index contributed by atoms with van der Waals surface area (Å²) in [5.41, 5.74) is -0.0744. The maximum atomic E-state index is 12.5. The summed E-state index contributed by atoms with van der Waals surface area (Å²) < 4.78 is 26.5. The van der Waals surface area contributed by atoms with Crippen LogP contribution in [0.15, 0.2) is 53.6 Å². The predicted molar refractivity (Wildman–Crippen MR) is 101 cm³/mol. The van der Waals surface area contributed by atoms with Gasteiger partial charge >= 0.3 is 0 Å². The van der Waals surface area contributed by atoms with Crippen LogP contribution >= 0.6 is 0 Å². The first-order chi connectivity index (χ1) is 12.4. The van der Waals surface area contributed by atoms with Crippen molar-refractivity contribution in [3.63, 3.8) is 0 Å². The number of aromatic nitrogens is 1. The molecule has 1 fully saturated rings. The van der Waals surface area contributed by atoms with Crippen LogP contribution in [0, 0.1) is 0 Å². The number of sulfonamides is 1. The van der Waals surface area contributed by atoms with E-state index in [0.29, 0.717) is 31.9 Å². The van der Waals surface area contributed by atoms with Crippen LogP contribution in [0.1, 0.15) is 31.7 Å². The SMILES string of the molecule is CC(O)(CCNc1ccc(S(=O)(=O)N2CCCC2)cn1)c1ccccc1. The van der Waals surface area contributed by atoms with Crippen LogP contribution in [-0.4, -0.2) is 42.4 Å². The van der Waals surface area contributed by atoms with E-state index >= 15 is 0 Å². The number of hydrogen-bond donors (Lipinski definition) is 2. The van der Waals surface area contributed by atoms with Crippen molar-refractivity contribution in [1.29, 1.82) is 0 Å². The third kappa shape index (κ3) is 4.23. The number of nitrogens with one attached hydrogen (secondary N) is 1. The highest BCUT2D eigenvalue weighted by Gasteiger charge is 2.27. The minimum atomic E-state index is -3.43. The molecule has 0 radical (unpaired) electrons. The molecule has 1 aliphatic rings. The summed E-state index contributed by atoms with van der Waals surface area (Å²) >= 11 is 0. The molecule has 1 aliphatic heterocycles. The highest BCUT2D eigenvalue weighted by Crippen LogP contribution is 2.24. The van der Waals surface area contributed by atoms with Crippen molar-refractivity contribution in [3.05, 3.63) is 54.2 Å². The van der Waals surface area contributed by atoms with Gasteiger partial charge in [-0.1, -0.05) is 30.3 Å². The fourth-order valence-electron chi connectivity index (χ4n) is 3.09. The average molecular weight is 375 g/mol. The second-order valence-corrected chi connectivity index (χ2v) is 8.74. The zero-order chi connectivity index (χ0) is 18.6. The van der Waals surface area contributed by atoms with Crippen LogP contribution in [-0.2, 0) is 15.6 Å². The third-order valence-corrected chi connectivity index (χ3v) is 6.63. The number of benzene rings is 1. The molecule has 0 bridgehead atoms. The molecule has 0 spiro atoms. The molecule has 1 aromatic carbocycles. The van der Waals surface area contributed by atoms with Crippen LogP contribution in [0.3, 0.4) is 0 Å². The molecule has 1 atom stereocenters. The van der Waals surface area contributed by atoms with Gasteiger partial charge in [-0.05, 0) is 43.9 Å². The smallest absolute Gasteiger partial charge is 0.244 e. The van der Waals surface area contributed by atoms with Crippen molar-refractivity contribution in [2.75, 3.05) is 25.0 Å². The standard InChI is InChI=1S/C19H25N3O3S/c1-19(23,16-7-3-2-4-8-16)11-12-20-18-10-9-17(15-21-18)26(24,25)22-13-5-6-14-22/h2-4,7-10,15,23H,5-6,11-14H2,1H3,(H,20,21). The first-order valence-electron chi connectivity index (χ1n) is 8.88. The monoisotopic (exact) mass is 375 g/mol. The van der Waals surface area contributed by atoms with E-state index < -0.39 is 15.6 Å². The van der Waals surface area contributed by atoms with Crippen LogP contribution in [0.25, 0.3) is 0 Å². The summed E-state index contributed by atoms with van der Waals surface area (Å²) in [6.45, 7) is 3.46. The largest absolute Gasteiger partial charge is 0.385 e. The second kappa shape index (κ2) is 7.73. The summed E-state index contributed by atoms with van der Waals surface area (Å²) in [6.07, 6.45) is 3.72. The van der Waals surface area contributed by atoms with Crippen molar-refractivity contribution in [1.82, 2.24) is 9.29 Å². The molecule has 1 unspecified atom stereocenters. The maximum absolute atomic E-state index is 12.5. The van der Waals surface area contributed by atoms with Gasteiger partial charge in [0.1, 0.15) is 10.7 Å². The van der Waals surface area contributed by atoms with Gasteiger partial charge in [-0.15, -0.1) is 0 Å². The van der Waals surface area contributed by atoms with Crippen molar-refractivity contribution >= 4 is 15.8 Å². The van der Waals surface area contributed by atoms with Crippen LogP contribution in [0.4, 0.5) is 5.82 Å².